The second-order valence-electron chi connectivity index (χ2n) is 9.39. The van der Waals surface area contributed by atoms with Gasteiger partial charge in [-0.3, -0.25) is 9.52 Å². The van der Waals surface area contributed by atoms with Crippen LogP contribution in [0.1, 0.15) is 51.0 Å². The van der Waals surface area contributed by atoms with E-state index in [2.05, 4.69) is 21.4 Å². The van der Waals surface area contributed by atoms with E-state index in [1.807, 2.05) is 24.3 Å². The van der Waals surface area contributed by atoms with E-state index in [4.69, 9.17) is 16.3 Å². The molecule has 0 aliphatic heterocycles. The molecule has 8 heteroatoms. The summed E-state index contributed by atoms with van der Waals surface area (Å²) >= 11 is 7.32. The van der Waals surface area contributed by atoms with Crippen LogP contribution < -0.4 is 20.1 Å². The van der Waals surface area contributed by atoms with Crippen molar-refractivity contribution in [1.29, 1.82) is 0 Å². The quantitative estimate of drug-likeness (QED) is 0.303. The van der Waals surface area contributed by atoms with Gasteiger partial charge in [0.25, 0.3) is 5.91 Å². The molecule has 3 N–H and O–H groups in total. The number of carbonyl (C=O) groups excluding carboxylic acids is 2. The SMILES string of the molecule is COc1ccc(Cl)cc1C(=O)NCCc1ccc(SNC(=O)Nc2c3c(cc4c2CCC4)CCC3)cc1. The number of halogens is 1. The Hall–Kier alpha value is -3.16. The number of hydrogen-bond acceptors (Lipinski definition) is 4. The summed E-state index contributed by atoms with van der Waals surface area (Å²) in [6.07, 6.45) is 7.30. The van der Waals surface area contributed by atoms with Crippen molar-refractivity contribution in [1.82, 2.24) is 10.0 Å². The summed E-state index contributed by atoms with van der Waals surface area (Å²) in [7, 11) is 1.53. The van der Waals surface area contributed by atoms with E-state index in [1.54, 1.807) is 18.2 Å². The zero-order valence-corrected chi connectivity index (χ0v) is 22.4. The molecule has 3 amide bonds. The van der Waals surface area contributed by atoms with Crippen molar-refractivity contribution >= 4 is 41.2 Å². The number of fused-ring (bicyclic) bond motifs is 2. The van der Waals surface area contributed by atoms with Gasteiger partial charge in [-0.15, -0.1) is 0 Å². The molecule has 0 fully saturated rings. The van der Waals surface area contributed by atoms with Gasteiger partial charge < -0.3 is 15.4 Å². The molecule has 0 heterocycles. The highest BCUT2D eigenvalue weighted by atomic mass is 35.5. The van der Waals surface area contributed by atoms with E-state index >= 15 is 0 Å². The van der Waals surface area contributed by atoms with Gasteiger partial charge in [-0.1, -0.05) is 29.8 Å². The van der Waals surface area contributed by atoms with Crippen LogP contribution in [-0.4, -0.2) is 25.6 Å². The van der Waals surface area contributed by atoms with Crippen molar-refractivity contribution in [2.24, 2.45) is 0 Å². The molecule has 6 nitrogen and oxygen atoms in total. The van der Waals surface area contributed by atoms with Gasteiger partial charge >= 0.3 is 6.03 Å². The molecule has 0 spiro atoms. The molecule has 5 rings (SSSR count). The van der Waals surface area contributed by atoms with Gasteiger partial charge in [-0.25, -0.2) is 4.79 Å². The number of aryl methyl sites for hydroxylation is 2. The van der Waals surface area contributed by atoms with Crippen LogP contribution >= 0.6 is 23.5 Å². The highest BCUT2D eigenvalue weighted by Gasteiger charge is 2.25. The van der Waals surface area contributed by atoms with E-state index in [-0.39, 0.29) is 11.9 Å². The van der Waals surface area contributed by atoms with Crippen molar-refractivity contribution in [3.8, 4) is 5.75 Å². The zero-order chi connectivity index (χ0) is 25.8. The lowest BCUT2D eigenvalue weighted by atomic mass is 9.99. The number of rotatable bonds is 8. The van der Waals surface area contributed by atoms with E-state index in [0.29, 0.717) is 29.3 Å². The minimum atomic E-state index is -0.226. The number of hydrogen-bond donors (Lipinski definition) is 3. The lowest BCUT2D eigenvalue weighted by Gasteiger charge is -2.16. The molecule has 37 heavy (non-hydrogen) atoms. The molecule has 2 aliphatic carbocycles. The summed E-state index contributed by atoms with van der Waals surface area (Å²) in [4.78, 5) is 26.2. The number of benzene rings is 3. The fourth-order valence-corrected chi connectivity index (χ4v) is 5.91. The molecule has 0 radical (unpaired) electrons. The lowest BCUT2D eigenvalue weighted by Crippen LogP contribution is -2.26. The van der Waals surface area contributed by atoms with Crippen molar-refractivity contribution < 1.29 is 14.3 Å². The minimum absolute atomic E-state index is 0.192. The topological polar surface area (TPSA) is 79.5 Å². The average Bonchev–Trinajstić information content (AvgIpc) is 3.57. The molecular weight excluding hydrogens is 506 g/mol. The fraction of sp³-hybridized carbons (Fsp3) is 0.310. The normalized spacial score (nSPS) is 13.6. The van der Waals surface area contributed by atoms with Crippen molar-refractivity contribution in [3.05, 3.63) is 86.9 Å². The predicted octanol–water partition coefficient (Wildman–Crippen LogP) is 6.13. The Kier molecular flexibility index (Phi) is 7.91. The zero-order valence-electron chi connectivity index (χ0n) is 20.8. The first kappa shape index (κ1) is 25.5. The molecule has 2 aliphatic rings. The highest BCUT2D eigenvalue weighted by Crippen LogP contribution is 2.38. The summed E-state index contributed by atoms with van der Waals surface area (Å²) in [6, 6.07) is 15.1. The van der Waals surface area contributed by atoms with Crippen LogP contribution in [0.5, 0.6) is 5.75 Å². The van der Waals surface area contributed by atoms with Gasteiger partial charge in [0.05, 0.1) is 12.7 Å². The molecule has 192 valence electrons. The maximum Gasteiger partial charge on any atom is 0.329 e. The number of amides is 3. The Bertz CT molecular complexity index is 1290. The van der Waals surface area contributed by atoms with Gasteiger partial charge in [0.15, 0.2) is 0 Å². The van der Waals surface area contributed by atoms with Gasteiger partial charge in [-0.05, 0) is 115 Å². The minimum Gasteiger partial charge on any atom is -0.496 e. The highest BCUT2D eigenvalue weighted by molar-refractivity contribution is 7.98. The Labute approximate surface area is 226 Å². The predicted molar refractivity (Wildman–Crippen MR) is 149 cm³/mol. The van der Waals surface area contributed by atoms with Crippen molar-refractivity contribution in [2.75, 3.05) is 19.0 Å². The van der Waals surface area contributed by atoms with Crippen LogP contribution in [0.3, 0.4) is 0 Å². The first-order valence-corrected chi connectivity index (χ1v) is 13.8. The molecule has 0 bridgehead atoms. The number of ether oxygens (including phenoxy) is 1. The third-order valence-electron chi connectivity index (χ3n) is 7.00. The van der Waals surface area contributed by atoms with Crippen LogP contribution in [0.2, 0.25) is 5.02 Å². The molecule has 3 aromatic rings. The van der Waals surface area contributed by atoms with Gasteiger partial charge in [-0.2, -0.15) is 0 Å². The Morgan fingerprint density at radius 3 is 2.32 bits per heavy atom. The standard InChI is InChI=1S/C29H30ClN3O3S/c1-36-26-13-10-21(30)17-25(26)28(34)31-15-14-18-8-11-22(12-9-18)37-33-29(35)32-27-23-6-2-4-19(23)16-20-5-3-7-24(20)27/h8-13,16-17H,2-7,14-15H2,1H3,(H,31,34)(H2,32,33,35). The van der Waals surface area contributed by atoms with Crippen molar-refractivity contribution in [3.63, 3.8) is 0 Å². The molecular formula is C29H30ClN3O3S. The van der Waals surface area contributed by atoms with Crippen LogP contribution in [0.15, 0.2) is 53.4 Å². The third kappa shape index (κ3) is 5.89. The lowest BCUT2D eigenvalue weighted by molar-refractivity contribution is 0.0951. The molecule has 0 saturated carbocycles. The number of urea groups is 1. The van der Waals surface area contributed by atoms with E-state index in [9.17, 15) is 9.59 Å². The molecule has 3 aromatic carbocycles. The number of nitrogens with one attached hydrogen (secondary N) is 3. The summed E-state index contributed by atoms with van der Waals surface area (Å²) in [5.74, 6) is 0.261. The first-order chi connectivity index (χ1) is 18.0. The van der Waals surface area contributed by atoms with E-state index in [0.717, 1.165) is 54.7 Å². The van der Waals surface area contributed by atoms with Crippen LogP contribution in [-0.2, 0) is 32.1 Å². The third-order valence-corrected chi connectivity index (χ3v) is 8.03. The Morgan fingerprint density at radius 2 is 1.65 bits per heavy atom. The number of methoxy groups -OCH3 is 1. The Morgan fingerprint density at radius 1 is 0.946 bits per heavy atom. The van der Waals surface area contributed by atoms with E-state index in [1.165, 1.54) is 41.3 Å². The summed E-state index contributed by atoms with van der Waals surface area (Å²) in [5.41, 5.74) is 8.01. The second-order valence-corrected chi connectivity index (χ2v) is 10.7. The molecule has 0 aromatic heterocycles. The van der Waals surface area contributed by atoms with Crippen LogP contribution in [0.4, 0.5) is 10.5 Å². The number of anilines is 1. The maximum atomic E-state index is 12.7. The van der Waals surface area contributed by atoms with E-state index < -0.39 is 0 Å². The molecule has 0 atom stereocenters. The first-order valence-electron chi connectivity index (χ1n) is 12.6. The molecule has 0 unspecified atom stereocenters. The maximum absolute atomic E-state index is 12.7. The van der Waals surface area contributed by atoms with Gasteiger partial charge in [0, 0.05) is 22.2 Å². The Balaban J connectivity index is 1.11. The van der Waals surface area contributed by atoms with Gasteiger partial charge in [0.2, 0.25) is 0 Å². The summed E-state index contributed by atoms with van der Waals surface area (Å²) in [5, 5.41) is 6.56. The van der Waals surface area contributed by atoms with Gasteiger partial charge in [0.1, 0.15) is 5.75 Å². The molecule has 0 saturated heterocycles. The van der Waals surface area contributed by atoms with Crippen molar-refractivity contribution in [2.45, 2.75) is 49.8 Å². The van der Waals surface area contributed by atoms with Crippen LogP contribution in [0.25, 0.3) is 0 Å². The largest absolute Gasteiger partial charge is 0.496 e. The van der Waals surface area contributed by atoms with Crippen LogP contribution in [0, 0.1) is 0 Å². The summed E-state index contributed by atoms with van der Waals surface area (Å²) in [6.45, 7) is 0.480. The second kappa shape index (κ2) is 11.5. The monoisotopic (exact) mass is 535 g/mol. The average molecular weight is 536 g/mol. The smallest absolute Gasteiger partial charge is 0.329 e. The number of carbonyl (C=O) groups is 2. The summed E-state index contributed by atoms with van der Waals surface area (Å²) < 4.78 is 8.18. The fourth-order valence-electron chi connectivity index (χ4n) is 5.21.